The van der Waals surface area contributed by atoms with Crippen molar-refractivity contribution in [1.29, 1.82) is 0 Å². The fourth-order valence-electron chi connectivity index (χ4n) is 0.693. The van der Waals surface area contributed by atoms with Crippen LogP contribution in [0.15, 0.2) is 16.1 Å². The Morgan fingerprint density at radius 1 is 1.82 bits per heavy atom. The van der Waals surface area contributed by atoms with E-state index in [9.17, 15) is 4.79 Å². The minimum Gasteiger partial charge on any atom is -0.365 e. The maximum atomic E-state index is 10.7. The highest BCUT2D eigenvalue weighted by atomic mass is 32.2. The molecule has 1 atom stereocenters. The highest BCUT2D eigenvalue weighted by Gasteiger charge is 2.16. The van der Waals surface area contributed by atoms with Gasteiger partial charge in [-0.25, -0.2) is 0 Å². The number of rotatable bonds is 1. The molecule has 0 radical (unpaired) electrons. The Morgan fingerprint density at radius 2 is 2.45 bits per heavy atom. The predicted octanol–water partition coefficient (Wildman–Crippen LogP) is 0.909. The summed E-state index contributed by atoms with van der Waals surface area (Å²) in [5.74, 6) is -0.391. The second-order valence-electron chi connectivity index (χ2n) is 2.39. The molecule has 1 amide bonds. The lowest BCUT2D eigenvalue weighted by molar-refractivity contribution is -0.113. The summed E-state index contributed by atoms with van der Waals surface area (Å²) in [7, 11) is 0. The van der Waals surface area contributed by atoms with Crippen molar-refractivity contribution in [2.75, 3.05) is 0 Å². The monoisotopic (exact) mass is 170 g/mol. The van der Waals surface area contributed by atoms with Gasteiger partial charge >= 0.3 is 0 Å². The quantitative estimate of drug-likeness (QED) is 0.636. The van der Waals surface area contributed by atoms with Gasteiger partial charge in [0.2, 0.25) is 0 Å². The molecule has 1 rings (SSSR count). The fourth-order valence-corrected chi connectivity index (χ4v) is 1.54. The zero-order valence-corrected chi connectivity index (χ0v) is 7.31. The number of thioether (sulfide) groups is 1. The molecule has 1 aliphatic heterocycles. The lowest BCUT2D eigenvalue weighted by Gasteiger charge is -2.14. The smallest absolute Gasteiger partial charge is 0.256 e. The van der Waals surface area contributed by atoms with Crippen LogP contribution in [0.5, 0.6) is 0 Å². The number of carbonyl (C=O) groups is 1. The van der Waals surface area contributed by atoms with Crippen molar-refractivity contribution < 1.29 is 4.79 Å². The molecule has 4 heteroatoms. The summed E-state index contributed by atoms with van der Waals surface area (Å²) in [5.41, 5.74) is 6.11. The van der Waals surface area contributed by atoms with Crippen molar-refractivity contribution in [3.05, 3.63) is 11.1 Å². The van der Waals surface area contributed by atoms with Crippen LogP contribution in [0.4, 0.5) is 0 Å². The van der Waals surface area contributed by atoms with Crippen LogP contribution in [0.3, 0.4) is 0 Å². The predicted molar refractivity (Wildman–Crippen MR) is 47.4 cm³/mol. The minimum atomic E-state index is -0.391. The van der Waals surface area contributed by atoms with Gasteiger partial charge in [0.1, 0.15) is 0 Å². The molecule has 60 valence electrons. The number of aliphatic imine (C=N–C) groups is 1. The van der Waals surface area contributed by atoms with E-state index in [4.69, 9.17) is 5.73 Å². The lowest BCUT2D eigenvalue weighted by atomic mass is 10.3. The molecule has 3 nitrogen and oxygen atoms in total. The van der Waals surface area contributed by atoms with Crippen LogP contribution in [-0.4, -0.2) is 16.9 Å². The van der Waals surface area contributed by atoms with Gasteiger partial charge in [0.25, 0.3) is 5.91 Å². The van der Waals surface area contributed by atoms with Gasteiger partial charge in [0.15, 0.2) is 0 Å². The van der Waals surface area contributed by atoms with Gasteiger partial charge < -0.3 is 5.73 Å². The first-order chi connectivity index (χ1) is 5.11. The molecule has 0 spiro atoms. The van der Waals surface area contributed by atoms with Crippen LogP contribution >= 0.6 is 11.8 Å². The molecule has 2 N–H and O–H groups in total. The molecule has 1 unspecified atom stereocenters. The molecular weight excluding hydrogens is 160 g/mol. The largest absolute Gasteiger partial charge is 0.365 e. The van der Waals surface area contributed by atoms with E-state index in [0.29, 0.717) is 4.91 Å². The fraction of sp³-hybridized carbons (Fsp3) is 0.429. The van der Waals surface area contributed by atoms with E-state index >= 15 is 0 Å². The summed E-state index contributed by atoms with van der Waals surface area (Å²) in [6.07, 6.45) is 1.53. The van der Waals surface area contributed by atoms with E-state index in [1.54, 1.807) is 0 Å². The normalized spacial score (nSPS) is 24.0. The van der Waals surface area contributed by atoms with E-state index in [1.165, 1.54) is 18.0 Å². The third-order valence-electron chi connectivity index (χ3n) is 1.52. The Balaban J connectivity index is 2.82. The third-order valence-corrected chi connectivity index (χ3v) is 2.78. The van der Waals surface area contributed by atoms with Crippen molar-refractivity contribution in [2.45, 2.75) is 19.1 Å². The van der Waals surface area contributed by atoms with E-state index in [0.717, 1.165) is 5.71 Å². The molecule has 0 aromatic rings. The molecule has 0 aliphatic carbocycles. The van der Waals surface area contributed by atoms with E-state index < -0.39 is 5.91 Å². The van der Waals surface area contributed by atoms with E-state index in [1.807, 2.05) is 13.8 Å². The van der Waals surface area contributed by atoms with Gasteiger partial charge in [-0.2, -0.15) is 0 Å². The van der Waals surface area contributed by atoms with Gasteiger partial charge in [0.05, 0.1) is 4.91 Å². The van der Waals surface area contributed by atoms with Gasteiger partial charge in [0, 0.05) is 17.2 Å². The molecule has 11 heavy (non-hydrogen) atoms. The number of nitrogens with zero attached hydrogens (tertiary/aromatic N) is 1. The van der Waals surface area contributed by atoms with Crippen molar-refractivity contribution >= 4 is 23.4 Å². The molecule has 0 aromatic heterocycles. The van der Waals surface area contributed by atoms with E-state index in [2.05, 4.69) is 4.99 Å². The molecule has 0 fully saturated rings. The average molecular weight is 170 g/mol. The number of nitrogens with two attached hydrogens (primary N) is 1. The van der Waals surface area contributed by atoms with E-state index in [-0.39, 0.29) is 5.25 Å². The zero-order chi connectivity index (χ0) is 8.43. The second kappa shape index (κ2) is 3.09. The number of amides is 1. The Hall–Kier alpha value is -0.770. The molecule has 1 heterocycles. The second-order valence-corrected chi connectivity index (χ2v) is 3.77. The molecule has 0 saturated heterocycles. The number of hydrogen-bond donors (Lipinski definition) is 1. The van der Waals surface area contributed by atoms with Gasteiger partial charge in [-0.15, -0.1) is 11.8 Å². The van der Waals surface area contributed by atoms with Crippen molar-refractivity contribution in [1.82, 2.24) is 0 Å². The van der Waals surface area contributed by atoms with Gasteiger partial charge in [-0.1, -0.05) is 0 Å². The highest BCUT2D eigenvalue weighted by molar-refractivity contribution is 8.05. The third kappa shape index (κ3) is 1.83. The Bertz CT molecular complexity index is 245. The first kappa shape index (κ1) is 8.33. The standard InChI is InChI=1S/C7H10N2OS/c1-4-5(2)11-6(3-9-4)7(8)10/h3,5H,1-2H3,(H2,8,10). The topological polar surface area (TPSA) is 55.4 Å². The summed E-state index contributed by atoms with van der Waals surface area (Å²) in [5, 5.41) is 0.266. The van der Waals surface area contributed by atoms with Crippen LogP contribution in [-0.2, 0) is 4.79 Å². The maximum Gasteiger partial charge on any atom is 0.256 e. The summed E-state index contributed by atoms with van der Waals surface area (Å²) in [4.78, 5) is 15.3. The summed E-state index contributed by atoms with van der Waals surface area (Å²) < 4.78 is 0. The number of carbonyl (C=O) groups excluding carboxylic acids is 1. The molecule has 1 aliphatic rings. The first-order valence-electron chi connectivity index (χ1n) is 3.32. The SMILES string of the molecule is CC1=NC=C(C(N)=O)SC1C. The maximum absolute atomic E-state index is 10.7. The Labute approximate surface area is 69.8 Å². The van der Waals surface area contributed by atoms with Crippen LogP contribution in [0, 0.1) is 0 Å². The first-order valence-corrected chi connectivity index (χ1v) is 4.20. The van der Waals surface area contributed by atoms with Crippen molar-refractivity contribution in [2.24, 2.45) is 10.7 Å². The summed E-state index contributed by atoms with van der Waals surface area (Å²) in [6.45, 7) is 3.94. The summed E-state index contributed by atoms with van der Waals surface area (Å²) in [6, 6.07) is 0. The Morgan fingerprint density at radius 3 is 2.91 bits per heavy atom. The van der Waals surface area contributed by atoms with Crippen LogP contribution in [0.1, 0.15) is 13.8 Å². The molecular formula is C7H10N2OS. The van der Waals surface area contributed by atoms with Gasteiger partial charge in [-0.05, 0) is 13.8 Å². The summed E-state index contributed by atoms with van der Waals surface area (Å²) >= 11 is 1.46. The van der Waals surface area contributed by atoms with Crippen molar-refractivity contribution in [3.63, 3.8) is 0 Å². The van der Waals surface area contributed by atoms with Crippen LogP contribution < -0.4 is 5.73 Å². The highest BCUT2D eigenvalue weighted by Crippen LogP contribution is 2.25. The van der Waals surface area contributed by atoms with Crippen LogP contribution in [0.25, 0.3) is 0 Å². The van der Waals surface area contributed by atoms with Crippen molar-refractivity contribution in [3.8, 4) is 0 Å². The van der Waals surface area contributed by atoms with Crippen LogP contribution in [0.2, 0.25) is 0 Å². The molecule has 0 aromatic carbocycles. The molecule has 0 saturated carbocycles. The zero-order valence-electron chi connectivity index (χ0n) is 6.50. The number of hydrogen-bond acceptors (Lipinski definition) is 3. The number of primary amides is 1. The lowest BCUT2D eigenvalue weighted by Crippen LogP contribution is -2.19. The minimum absolute atomic E-state index is 0.266. The van der Waals surface area contributed by atoms with Gasteiger partial charge in [-0.3, -0.25) is 9.79 Å². The molecule has 0 bridgehead atoms. The Kier molecular flexibility index (Phi) is 2.34. The average Bonchev–Trinajstić information content (AvgIpc) is 1.94.